The van der Waals surface area contributed by atoms with E-state index in [4.69, 9.17) is 26.0 Å². The number of amides is 1. The number of nitrogens with two attached hydrogens (primary N) is 2. The molecule has 0 spiro atoms. The third-order valence-corrected chi connectivity index (χ3v) is 4.17. The van der Waals surface area contributed by atoms with Crippen molar-refractivity contribution in [1.29, 1.82) is 0 Å². The van der Waals surface area contributed by atoms with E-state index in [0.717, 1.165) is 0 Å². The summed E-state index contributed by atoms with van der Waals surface area (Å²) in [7, 11) is 0. The van der Waals surface area contributed by atoms with Crippen LogP contribution in [0.25, 0.3) is 0 Å². The zero-order valence-electron chi connectivity index (χ0n) is 14.4. The molecule has 1 aliphatic rings. The molecule has 0 aromatic rings. The molecule has 0 radical (unpaired) electrons. The Morgan fingerprint density at radius 1 is 1.23 bits per heavy atom. The first-order chi connectivity index (χ1) is 12.2. The monoisotopic (exact) mass is 383 g/mol. The molecule has 0 bridgehead atoms. The summed E-state index contributed by atoms with van der Waals surface area (Å²) < 4.78 is 10.9. The van der Waals surface area contributed by atoms with E-state index in [1.807, 2.05) is 0 Å². The lowest BCUT2D eigenvalue weighted by Crippen LogP contribution is -2.66. The topological polar surface area (TPSA) is 221 Å². The highest BCUT2D eigenvalue weighted by molar-refractivity contribution is 5.73. The van der Waals surface area contributed by atoms with E-state index in [2.05, 4.69) is 5.32 Å². The number of rotatable bonds is 9. The Balaban J connectivity index is 3.07. The molecule has 0 aromatic heterocycles. The van der Waals surface area contributed by atoms with Gasteiger partial charge in [0.2, 0.25) is 5.91 Å². The van der Waals surface area contributed by atoms with Gasteiger partial charge in [-0.1, -0.05) is 0 Å². The summed E-state index contributed by atoms with van der Waals surface area (Å²) in [5, 5.41) is 60.6. The Hall–Kier alpha value is -0.930. The SMILES string of the molecule is CC(=O)N[C@H]1[C@@H](O[C@H]([C@H](N)[C@H](O)CO)[C@H](O)CN)O[C@H](CO)[C@@H](O)[C@@H]1O. The van der Waals surface area contributed by atoms with Crippen molar-refractivity contribution in [2.24, 2.45) is 11.5 Å². The van der Waals surface area contributed by atoms with Crippen LogP contribution in [0.4, 0.5) is 0 Å². The fourth-order valence-corrected chi connectivity index (χ4v) is 2.65. The van der Waals surface area contributed by atoms with Gasteiger partial charge in [0.05, 0.1) is 31.5 Å². The zero-order valence-corrected chi connectivity index (χ0v) is 14.4. The van der Waals surface area contributed by atoms with Crippen LogP contribution in [-0.2, 0) is 14.3 Å². The summed E-state index contributed by atoms with van der Waals surface area (Å²) in [6, 6.07) is -2.53. The second-order valence-electron chi connectivity index (χ2n) is 6.16. The molecule has 1 rings (SSSR count). The predicted molar refractivity (Wildman–Crippen MR) is 86.4 cm³/mol. The molecule has 0 saturated carbocycles. The molecule has 12 nitrogen and oxygen atoms in total. The van der Waals surface area contributed by atoms with E-state index < -0.39 is 74.1 Å². The van der Waals surface area contributed by atoms with E-state index in [0.29, 0.717) is 0 Å². The van der Waals surface area contributed by atoms with Gasteiger partial charge in [0.15, 0.2) is 6.29 Å². The summed E-state index contributed by atoms with van der Waals surface area (Å²) in [5.41, 5.74) is 11.2. The standard InChI is InChI=1S/C14H29N3O9/c1-5(20)17-10-12(24)11(23)8(4-19)25-14(10)26-13(6(21)2-15)9(16)7(22)3-18/h6-14,18-19,21-24H,2-4,15-16H2,1H3,(H,17,20)/t6-,7-,8-,9-,10-,11-,12-,13+,14-/m1/s1. The molecule has 154 valence electrons. The van der Waals surface area contributed by atoms with Gasteiger partial charge in [-0.05, 0) is 0 Å². The molecule has 0 aliphatic carbocycles. The number of ether oxygens (including phenoxy) is 2. The summed E-state index contributed by atoms with van der Waals surface area (Å²) in [4.78, 5) is 11.4. The summed E-state index contributed by atoms with van der Waals surface area (Å²) in [6.07, 6.45) is -9.88. The molecular formula is C14H29N3O9. The van der Waals surface area contributed by atoms with Crippen molar-refractivity contribution in [3.05, 3.63) is 0 Å². The molecule has 1 fully saturated rings. The van der Waals surface area contributed by atoms with Crippen molar-refractivity contribution >= 4 is 5.91 Å². The van der Waals surface area contributed by atoms with Crippen molar-refractivity contribution < 1.29 is 44.9 Å². The van der Waals surface area contributed by atoms with Crippen LogP contribution in [0.1, 0.15) is 6.92 Å². The number of nitrogens with one attached hydrogen (secondary N) is 1. The van der Waals surface area contributed by atoms with E-state index >= 15 is 0 Å². The van der Waals surface area contributed by atoms with Crippen LogP contribution in [0, 0.1) is 0 Å². The smallest absolute Gasteiger partial charge is 0.217 e. The molecule has 9 atom stereocenters. The van der Waals surface area contributed by atoms with Crippen molar-refractivity contribution in [1.82, 2.24) is 5.32 Å². The number of aliphatic hydroxyl groups is 6. The van der Waals surface area contributed by atoms with Crippen molar-refractivity contribution in [3.63, 3.8) is 0 Å². The second kappa shape index (κ2) is 10.4. The van der Waals surface area contributed by atoms with Gasteiger partial charge in [-0.15, -0.1) is 0 Å². The molecule has 1 heterocycles. The summed E-state index contributed by atoms with van der Waals surface area (Å²) >= 11 is 0. The zero-order chi connectivity index (χ0) is 20.0. The van der Waals surface area contributed by atoms with Gasteiger partial charge in [-0.25, -0.2) is 0 Å². The molecule has 1 aliphatic heterocycles. The van der Waals surface area contributed by atoms with Crippen LogP contribution in [-0.4, -0.2) is 111 Å². The van der Waals surface area contributed by atoms with E-state index in [1.54, 1.807) is 0 Å². The highest BCUT2D eigenvalue weighted by atomic mass is 16.7. The van der Waals surface area contributed by atoms with E-state index in [1.165, 1.54) is 6.92 Å². The minimum absolute atomic E-state index is 0.303. The predicted octanol–water partition coefficient (Wildman–Crippen LogP) is -5.68. The summed E-state index contributed by atoms with van der Waals surface area (Å²) in [6.45, 7) is -0.496. The van der Waals surface area contributed by atoms with Crippen molar-refractivity contribution in [2.45, 2.75) is 61.9 Å². The lowest BCUT2D eigenvalue weighted by molar-refractivity contribution is -0.292. The third kappa shape index (κ3) is 5.53. The van der Waals surface area contributed by atoms with Gasteiger partial charge in [0.1, 0.15) is 30.5 Å². The van der Waals surface area contributed by atoms with Crippen LogP contribution in [0.3, 0.4) is 0 Å². The Bertz CT molecular complexity index is 444. The average molecular weight is 383 g/mol. The van der Waals surface area contributed by atoms with Gasteiger partial charge in [0.25, 0.3) is 0 Å². The minimum Gasteiger partial charge on any atom is -0.394 e. The van der Waals surface area contributed by atoms with Gasteiger partial charge < -0.3 is 56.9 Å². The maximum Gasteiger partial charge on any atom is 0.217 e. The third-order valence-electron chi connectivity index (χ3n) is 4.17. The molecule has 1 saturated heterocycles. The second-order valence-corrected chi connectivity index (χ2v) is 6.16. The quantitative estimate of drug-likeness (QED) is 0.182. The molecule has 11 N–H and O–H groups in total. The summed E-state index contributed by atoms with van der Waals surface area (Å²) in [5.74, 6) is -0.559. The molecule has 26 heavy (non-hydrogen) atoms. The number of aliphatic hydroxyl groups excluding tert-OH is 6. The Labute approximate surface area is 150 Å². The fourth-order valence-electron chi connectivity index (χ4n) is 2.65. The molecule has 12 heteroatoms. The lowest BCUT2D eigenvalue weighted by atomic mass is 9.96. The number of hydrogen-bond donors (Lipinski definition) is 9. The first-order valence-corrected chi connectivity index (χ1v) is 8.15. The Morgan fingerprint density at radius 3 is 2.31 bits per heavy atom. The van der Waals surface area contributed by atoms with Crippen LogP contribution >= 0.6 is 0 Å². The van der Waals surface area contributed by atoms with Gasteiger partial charge >= 0.3 is 0 Å². The highest BCUT2D eigenvalue weighted by Gasteiger charge is 2.47. The first kappa shape index (κ1) is 23.1. The van der Waals surface area contributed by atoms with E-state index in [9.17, 15) is 30.3 Å². The van der Waals surface area contributed by atoms with Gasteiger partial charge in [0, 0.05) is 13.5 Å². The largest absolute Gasteiger partial charge is 0.394 e. The van der Waals surface area contributed by atoms with Crippen LogP contribution < -0.4 is 16.8 Å². The maximum atomic E-state index is 11.4. The minimum atomic E-state index is -1.55. The van der Waals surface area contributed by atoms with Crippen LogP contribution in [0.15, 0.2) is 0 Å². The van der Waals surface area contributed by atoms with Gasteiger partial charge in [-0.2, -0.15) is 0 Å². The Morgan fingerprint density at radius 2 is 1.85 bits per heavy atom. The molecule has 1 amide bonds. The Kier molecular flexibility index (Phi) is 9.26. The van der Waals surface area contributed by atoms with Crippen LogP contribution in [0.2, 0.25) is 0 Å². The number of carbonyl (C=O) groups excluding carboxylic acids is 1. The molecule has 0 aromatic carbocycles. The number of hydrogen-bond acceptors (Lipinski definition) is 11. The van der Waals surface area contributed by atoms with Crippen LogP contribution in [0.5, 0.6) is 0 Å². The van der Waals surface area contributed by atoms with Crippen molar-refractivity contribution in [3.8, 4) is 0 Å². The number of carbonyl (C=O) groups is 1. The van der Waals surface area contributed by atoms with E-state index in [-0.39, 0.29) is 6.54 Å². The van der Waals surface area contributed by atoms with Crippen molar-refractivity contribution in [2.75, 3.05) is 19.8 Å². The fraction of sp³-hybridized carbons (Fsp3) is 0.929. The highest BCUT2D eigenvalue weighted by Crippen LogP contribution is 2.24. The molecular weight excluding hydrogens is 354 g/mol. The maximum absolute atomic E-state index is 11.4. The molecule has 0 unspecified atom stereocenters. The van der Waals surface area contributed by atoms with Gasteiger partial charge in [-0.3, -0.25) is 4.79 Å². The first-order valence-electron chi connectivity index (χ1n) is 8.15. The average Bonchev–Trinajstić information content (AvgIpc) is 2.62. The lowest BCUT2D eigenvalue weighted by Gasteiger charge is -2.44. The normalized spacial score (nSPS) is 34.0.